The van der Waals surface area contributed by atoms with Crippen LogP contribution in [0.25, 0.3) is 0 Å². The van der Waals surface area contributed by atoms with Crippen LogP contribution in [0.5, 0.6) is 0 Å². The van der Waals surface area contributed by atoms with Gasteiger partial charge < -0.3 is 0 Å². The predicted molar refractivity (Wildman–Crippen MR) is 55.4 cm³/mol. The molecule has 0 aliphatic carbocycles. The molecule has 0 saturated heterocycles. The number of hydrogen-bond acceptors (Lipinski definition) is 2. The zero-order valence-corrected chi connectivity index (χ0v) is 10.4. The van der Waals surface area contributed by atoms with Gasteiger partial charge in [-0.3, -0.25) is 9.59 Å². The van der Waals surface area contributed by atoms with Crippen molar-refractivity contribution in [1.82, 2.24) is 0 Å². The molecule has 1 atom stereocenters. The molecule has 1 aromatic rings. The molecule has 0 N–H and O–H groups in total. The smallest absolute Gasteiger partial charge is 0.299 e. The first-order chi connectivity index (χ1) is 7.82. The van der Waals surface area contributed by atoms with Crippen LogP contribution in [-0.2, 0) is 32.5 Å². The van der Waals surface area contributed by atoms with E-state index in [1.807, 2.05) is 0 Å². The van der Waals surface area contributed by atoms with E-state index in [4.69, 9.17) is 0 Å². The first-order valence-electron chi connectivity index (χ1n) is 4.98. The maximum atomic E-state index is 12.3. The molecule has 18 heavy (non-hydrogen) atoms. The molecule has 0 aliphatic heterocycles. The van der Waals surface area contributed by atoms with Gasteiger partial charge in [-0.15, -0.1) is 0 Å². The Balaban J connectivity index is 0.00000289. The number of ketones is 2. The first kappa shape index (κ1) is 16.8. The number of Topliss-reactive ketones (excluding diaryl/α,β-unsaturated/α-hetero) is 2. The van der Waals surface area contributed by atoms with Crippen molar-refractivity contribution in [2.75, 3.05) is 0 Å². The fourth-order valence-electron chi connectivity index (χ4n) is 1.47. The van der Waals surface area contributed by atoms with Gasteiger partial charge >= 0.3 is 6.18 Å². The zero-order valence-electron chi connectivity index (χ0n) is 9.44. The SMILES string of the molecule is CC(=O)C(Cc1ccccc1)C(=O)C(F)(F)F.[Ni]. The number of carbonyl (C=O) groups excluding carboxylic acids is 2. The molecule has 0 aliphatic rings. The number of hydrogen-bond donors (Lipinski definition) is 0. The van der Waals surface area contributed by atoms with Crippen LogP contribution in [0.3, 0.4) is 0 Å². The molecular formula is C12H11F3NiO2. The Hall–Kier alpha value is -1.16. The van der Waals surface area contributed by atoms with E-state index in [-0.39, 0.29) is 22.9 Å². The molecule has 0 heterocycles. The van der Waals surface area contributed by atoms with Crippen molar-refractivity contribution in [3.63, 3.8) is 0 Å². The summed E-state index contributed by atoms with van der Waals surface area (Å²) in [5, 5.41) is 0. The van der Waals surface area contributed by atoms with Crippen LogP contribution in [0.15, 0.2) is 30.3 Å². The third-order valence-electron chi connectivity index (χ3n) is 2.37. The molecule has 6 heteroatoms. The summed E-state index contributed by atoms with van der Waals surface area (Å²) in [6.07, 6.45) is -5.18. The summed E-state index contributed by atoms with van der Waals surface area (Å²) < 4.78 is 36.8. The fourth-order valence-corrected chi connectivity index (χ4v) is 1.47. The molecule has 0 spiro atoms. The van der Waals surface area contributed by atoms with Crippen molar-refractivity contribution in [3.8, 4) is 0 Å². The summed E-state index contributed by atoms with van der Waals surface area (Å²) >= 11 is 0. The van der Waals surface area contributed by atoms with E-state index in [1.54, 1.807) is 30.3 Å². The molecule has 0 amide bonds. The summed E-state index contributed by atoms with van der Waals surface area (Å²) in [7, 11) is 0. The van der Waals surface area contributed by atoms with Gasteiger partial charge in [0.2, 0.25) is 5.78 Å². The van der Waals surface area contributed by atoms with Gasteiger partial charge in [-0.2, -0.15) is 13.2 Å². The van der Waals surface area contributed by atoms with E-state index in [0.717, 1.165) is 6.92 Å². The van der Waals surface area contributed by atoms with E-state index in [9.17, 15) is 22.8 Å². The second kappa shape index (κ2) is 6.69. The second-order valence-corrected chi connectivity index (χ2v) is 3.71. The molecule has 102 valence electrons. The largest absolute Gasteiger partial charge is 0.450 e. The van der Waals surface area contributed by atoms with Crippen LogP contribution in [0.2, 0.25) is 0 Å². The van der Waals surface area contributed by atoms with Gasteiger partial charge in [0.1, 0.15) is 5.78 Å². The Bertz CT molecular complexity index is 415. The van der Waals surface area contributed by atoms with E-state index < -0.39 is 23.7 Å². The van der Waals surface area contributed by atoms with Gasteiger partial charge in [0.25, 0.3) is 0 Å². The molecule has 1 rings (SSSR count). The Morgan fingerprint density at radius 1 is 1.17 bits per heavy atom. The summed E-state index contributed by atoms with van der Waals surface area (Å²) in [6.45, 7) is 0.997. The number of benzene rings is 1. The van der Waals surface area contributed by atoms with E-state index in [0.29, 0.717) is 5.56 Å². The molecule has 0 fully saturated rings. The standard InChI is InChI=1S/C12H11F3O2.Ni/c1-8(16)10(11(17)12(13,14)15)7-9-5-3-2-4-6-9;/h2-6,10H,7H2,1H3;. The molecule has 0 radical (unpaired) electrons. The molecule has 1 unspecified atom stereocenters. The number of carbonyl (C=O) groups is 2. The van der Waals surface area contributed by atoms with Crippen molar-refractivity contribution in [2.24, 2.45) is 5.92 Å². The van der Waals surface area contributed by atoms with E-state index in [1.165, 1.54) is 0 Å². The Labute approximate surface area is 112 Å². The Morgan fingerprint density at radius 3 is 2.06 bits per heavy atom. The monoisotopic (exact) mass is 302 g/mol. The van der Waals surface area contributed by atoms with Crippen molar-refractivity contribution in [2.45, 2.75) is 19.5 Å². The van der Waals surface area contributed by atoms with Crippen LogP contribution in [-0.4, -0.2) is 17.7 Å². The van der Waals surface area contributed by atoms with Crippen LogP contribution in [0.1, 0.15) is 12.5 Å². The van der Waals surface area contributed by atoms with Crippen molar-refractivity contribution in [1.29, 1.82) is 0 Å². The number of halogens is 3. The third kappa shape index (κ3) is 4.61. The molecule has 0 saturated carbocycles. The molecule has 1 aromatic carbocycles. The maximum absolute atomic E-state index is 12.3. The normalized spacial score (nSPS) is 12.4. The zero-order chi connectivity index (χ0) is 13.1. The van der Waals surface area contributed by atoms with Gasteiger partial charge in [0.15, 0.2) is 0 Å². The van der Waals surface area contributed by atoms with Crippen LogP contribution in [0, 0.1) is 5.92 Å². The van der Waals surface area contributed by atoms with Crippen molar-refractivity contribution < 1.29 is 39.3 Å². The Morgan fingerprint density at radius 2 is 1.67 bits per heavy atom. The number of rotatable bonds is 4. The van der Waals surface area contributed by atoms with Crippen LogP contribution in [0.4, 0.5) is 13.2 Å². The van der Waals surface area contributed by atoms with E-state index in [2.05, 4.69) is 0 Å². The van der Waals surface area contributed by atoms with Gasteiger partial charge in [-0.05, 0) is 18.9 Å². The summed E-state index contributed by atoms with van der Waals surface area (Å²) in [5.74, 6) is -4.39. The predicted octanol–water partition coefficient (Wildman–Crippen LogP) is 2.56. The fraction of sp³-hybridized carbons (Fsp3) is 0.333. The third-order valence-corrected chi connectivity index (χ3v) is 2.37. The summed E-state index contributed by atoms with van der Waals surface area (Å²) in [5.41, 5.74) is 0.533. The van der Waals surface area contributed by atoms with Crippen molar-refractivity contribution in [3.05, 3.63) is 35.9 Å². The topological polar surface area (TPSA) is 34.1 Å². The summed E-state index contributed by atoms with van der Waals surface area (Å²) in [4.78, 5) is 22.2. The maximum Gasteiger partial charge on any atom is 0.450 e. The average Bonchev–Trinajstić information content (AvgIpc) is 2.24. The minimum absolute atomic E-state index is 0. The van der Waals surface area contributed by atoms with Gasteiger partial charge in [0, 0.05) is 16.5 Å². The average molecular weight is 303 g/mol. The quantitative estimate of drug-likeness (QED) is 0.633. The second-order valence-electron chi connectivity index (χ2n) is 3.71. The first-order valence-corrected chi connectivity index (χ1v) is 4.98. The minimum Gasteiger partial charge on any atom is -0.299 e. The molecule has 0 bridgehead atoms. The molecule has 2 nitrogen and oxygen atoms in total. The van der Waals surface area contributed by atoms with Gasteiger partial charge in [-0.25, -0.2) is 0 Å². The summed E-state index contributed by atoms with van der Waals surface area (Å²) in [6, 6.07) is 8.16. The minimum atomic E-state index is -4.97. The molecule has 0 aromatic heterocycles. The van der Waals surface area contributed by atoms with Crippen LogP contribution >= 0.6 is 0 Å². The Kier molecular flexibility index (Phi) is 6.26. The number of alkyl halides is 3. The van der Waals surface area contributed by atoms with Gasteiger partial charge in [0.05, 0.1) is 5.92 Å². The van der Waals surface area contributed by atoms with E-state index >= 15 is 0 Å². The molecular weight excluding hydrogens is 292 g/mol. The van der Waals surface area contributed by atoms with Gasteiger partial charge in [-0.1, -0.05) is 30.3 Å². The van der Waals surface area contributed by atoms with Crippen LogP contribution < -0.4 is 0 Å². The van der Waals surface area contributed by atoms with Crippen molar-refractivity contribution >= 4 is 11.6 Å².